The summed E-state index contributed by atoms with van der Waals surface area (Å²) in [5, 5.41) is 9.21. The first-order valence-corrected chi connectivity index (χ1v) is 6.44. The third-order valence-electron chi connectivity index (χ3n) is 2.88. The number of anilines is 1. The summed E-state index contributed by atoms with van der Waals surface area (Å²) >= 11 is 0. The van der Waals surface area contributed by atoms with Crippen molar-refractivity contribution in [2.24, 2.45) is 0 Å². The zero-order valence-electron chi connectivity index (χ0n) is 11.3. The lowest BCUT2D eigenvalue weighted by atomic mass is 10.3. The predicted molar refractivity (Wildman–Crippen MR) is 70.1 cm³/mol. The quantitative estimate of drug-likeness (QED) is 0.845. The fraction of sp³-hybridized carbons (Fsp3) is 0.667. The van der Waals surface area contributed by atoms with Gasteiger partial charge in [0.1, 0.15) is 5.76 Å². The molecule has 2 heterocycles. The van der Waals surface area contributed by atoms with E-state index in [2.05, 4.69) is 20.7 Å². The molecule has 0 saturated carbocycles. The number of aryl methyl sites for hydroxylation is 1. The molecule has 7 heteroatoms. The number of nitrogens with one attached hydrogen (secondary N) is 2. The number of hydrogen-bond acceptors (Lipinski definition) is 5. The van der Waals surface area contributed by atoms with Gasteiger partial charge in [0.15, 0.2) is 5.82 Å². The van der Waals surface area contributed by atoms with Gasteiger partial charge in [-0.3, -0.25) is 10.2 Å². The number of rotatable bonds is 4. The van der Waals surface area contributed by atoms with Gasteiger partial charge in [-0.1, -0.05) is 5.16 Å². The lowest BCUT2D eigenvalue weighted by molar-refractivity contribution is 0.0350. The van der Waals surface area contributed by atoms with Crippen molar-refractivity contribution in [2.75, 3.05) is 38.2 Å². The number of amides is 2. The van der Waals surface area contributed by atoms with Crippen molar-refractivity contribution in [3.05, 3.63) is 11.8 Å². The molecule has 2 rings (SSSR count). The molecule has 7 nitrogen and oxygen atoms in total. The Hall–Kier alpha value is -1.60. The lowest BCUT2D eigenvalue weighted by Gasteiger charge is -2.29. The molecule has 0 bridgehead atoms. The van der Waals surface area contributed by atoms with Gasteiger partial charge < -0.3 is 14.6 Å². The van der Waals surface area contributed by atoms with Crippen molar-refractivity contribution in [2.45, 2.75) is 19.9 Å². The Balaban J connectivity index is 1.71. The molecule has 19 heavy (non-hydrogen) atoms. The second-order valence-electron chi connectivity index (χ2n) is 4.74. The van der Waals surface area contributed by atoms with Gasteiger partial charge in [0.05, 0.1) is 13.2 Å². The predicted octanol–water partition coefficient (Wildman–Crippen LogP) is 0.825. The van der Waals surface area contributed by atoms with E-state index in [1.807, 2.05) is 6.92 Å². The molecule has 1 aromatic heterocycles. The number of carbonyl (C=O) groups is 1. The summed E-state index contributed by atoms with van der Waals surface area (Å²) in [6.07, 6.45) is 0. The summed E-state index contributed by atoms with van der Waals surface area (Å²) in [6.45, 7) is 7.91. The third kappa shape index (κ3) is 4.53. The topological polar surface area (TPSA) is 79.6 Å². The van der Waals surface area contributed by atoms with E-state index in [4.69, 9.17) is 9.26 Å². The number of ether oxygens (including phenoxy) is 1. The van der Waals surface area contributed by atoms with Crippen LogP contribution < -0.4 is 10.6 Å². The molecule has 0 aromatic carbocycles. The standard InChI is InChI=1S/C12H20N4O3/c1-9(8-16-3-5-18-6-4-16)13-12(17)14-11-7-10(2)19-15-11/h7,9H,3-6,8H2,1-2H3,(H2,13,14,15,17). The van der Waals surface area contributed by atoms with E-state index in [9.17, 15) is 4.79 Å². The van der Waals surface area contributed by atoms with E-state index in [1.54, 1.807) is 13.0 Å². The van der Waals surface area contributed by atoms with E-state index in [0.29, 0.717) is 11.6 Å². The molecule has 1 aromatic rings. The van der Waals surface area contributed by atoms with Crippen LogP contribution in [0.1, 0.15) is 12.7 Å². The monoisotopic (exact) mass is 268 g/mol. The van der Waals surface area contributed by atoms with Crippen LogP contribution in [0.25, 0.3) is 0 Å². The van der Waals surface area contributed by atoms with Gasteiger partial charge in [0.2, 0.25) is 0 Å². The van der Waals surface area contributed by atoms with Crippen LogP contribution in [-0.2, 0) is 4.74 Å². The molecule has 1 aliphatic heterocycles. The van der Waals surface area contributed by atoms with Crippen molar-refractivity contribution in [1.82, 2.24) is 15.4 Å². The molecule has 1 saturated heterocycles. The minimum Gasteiger partial charge on any atom is -0.379 e. The van der Waals surface area contributed by atoms with Gasteiger partial charge in [-0.25, -0.2) is 4.79 Å². The second kappa shape index (κ2) is 6.53. The maximum absolute atomic E-state index is 11.7. The molecular weight excluding hydrogens is 248 g/mol. The fourth-order valence-electron chi connectivity index (χ4n) is 2.02. The molecule has 1 unspecified atom stereocenters. The zero-order valence-corrected chi connectivity index (χ0v) is 11.3. The molecule has 0 spiro atoms. The molecule has 1 fully saturated rings. The highest BCUT2D eigenvalue weighted by Gasteiger charge is 2.15. The van der Waals surface area contributed by atoms with Crippen LogP contribution >= 0.6 is 0 Å². The molecule has 0 aliphatic carbocycles. The molecule has 1 atom stereocenters. The number of aromatic nitrogens is 1. The molecule has 1 aliphatic rings. The van der Waals surface area contributed by atoms with Gasteiger partial charge in [0.25, 0.3) is 0 Å². The summed E-state index contributed by atoms with van der Waals surface area (Å²) in [5.74, 6) is 1.09. The maximum atomic E-state index is 11.7. The number of urea groups is 1. The summed E-state index contributed by atoms with van der Waals surface area (Å²) in [7, 11) is 0. The number of morpholine rings is 1. The highest BCUT2D eigenvalue weighted by Crippen LogP contribution is 2.06. The van der Waals surface area contributed by atoms with Gasteiger partial charge >= 0.3 is 6.03 Å². The Morgan fingerprint density at radius 3 is 2.89 bits per heavy atom. The van der Waals surface area contributed by atoms with Crippen LogP contribution in [0.3, 0.4) is 0 Å². The van der Waals surface area contributed by atoms with Crippen LogP contribution in [0.4, 0.5) is 10.6 Å². The summed E-state index contributed by atoms with van der Waals surface area (Å²) in [5.41, 5.74) is 0. The Labute approximate surface area is 112 Å². The van der Waals surface area contributed by atoms with E-state index in [0.717, 1.165) is 32.8 Å². The Kier molecular flexibility index (Phi) is 4.75. The Morgan fingerprint density at radius 1 is 1.53 bits per heavy atom. The molecule has 2 N–H and O–H groups in total. The first kappa shape index (κ1) is 13.8. The number of nitrogens with zero attached hydrogens (tertiary/aromatic N) is 2. The van der Waals surface area contributed by atoms with Gasteiger partial charge in [-0.15, -0.1) is 0 Å². The number of carbonyl (C=O) groups excluding carboxylic acids is 1. The van der Waals surface area contributed by atoms with Gasteiger partial charge in [-0.2, -0.15) is 0 Å². The zero-order chi connectivity index (χ0) is 13.7. The molecule has 106 valence electrons. The van der Waals surface area contributed by atoms with Crippen molar-refractivity contribution in [3.8, 4) is 0 Å². The second-order valence-corrected chi connectivity index (χ2v) is 4.74. The third-order valence-corrected chi connectivity index (χ3v) is 2.88. The van der Waals surface area contributed by atoms with E-state index < -0.39 is 0 Å². The van der Waals surface area contributed by atoms with Crippen molar-refractivity contribution >= 4 is 11.8 Å². The molecular formula is C12H20N4O3. The minimum atomic E-state index is -0.269. The van der Waals surface area contributed by atoms with Gasteiger partial charge in [0, 0.05) is 31.7 Å². The van der Waals surface area contributed by atoms with Crippen molar-refractivity contribution in [3.63, 3.8) is 0 Å². The minimum absolute atomic E-state index is 0.0612. The summed E-state index contributed by atoms with van der Waals surface area (Å²) < 4.78 is 10.2. The van der Waals surface area contributed by atoms with E-state index in [-0.39, 0.29) is 12.1 Å². The molecule has 2 amide bonds. The first-order valence-electron chi connectivity index (χ1n) is 6.44. The largest absolute Gasteiger partial charge is 0.379 e. The smallest absolute Gasteiger partial charge is 0.320 e. The normalized spacial score (nSPS) is 18.0. The van der Waals surface area contributed by atoms with Crippen molar-refractivity contribution < 1.29 is 14.1 Å². The van der Waals surface area contributed by atoms with Crippen LogP contribution in [0.15, 0.2) is 10.6 Å². The maximum Gasteiger partial charge on any atom is 0.320 e. The highest BCUT2D eigenvalue weighted by molar-refractivity contribution is 5.88. The number of hydrogen-bond donors (Lipinski definition) is 2. The van der Waals surface area contributed by atoms with E-state index >= 15 is 0 Å². The van der Waals surface area contributed by atoms with E-state index in [1.165, 1.54) is 0 Å². The molecule has 0 radical (unpaired) electrons. The lowest BCUT2D eigenvalue weighted by Crippen LogP contribution is -2.47. The van der Waals surface area contributed by atoms with Gasteiger partial charge in [-0.05, 0) is 13.8 Å². The van der Waals surface area contributed by atoms with Crippen LogP contribution in [0.5, 0.6) is 0 Å². The Bertz CT molecular complexity index is 415. The fourth-order valence-corrected chi connectivity index (χ4v) is 2.02. The highest BCUT2D eigenvalue weighted by atomic mass is 16.5. The first-order chi connectivity index (χ1) is 9.13. The van der Waals surface area contributed by atoms with Crippen LogP contribution in [0.2, 0.25) is 0 Å². The Morgan fingerprint density at radius 2 is 2.26 bits per heavy atom. The van der Waals surface area contributed by atoms with Crippen LogP contribution in [-0.4, -0.2) is 55.0 Å². The van der Waals surface area contributed by atoms with Crippen molar-refractivity contribution in [1.29, 1.82) is 0 Å². The average Bonchev–Trinajstić information content (AvgIpc) is 2.75. The summed E-state index contributed by atoms with van der Waals surface area (Å²) in [4.78, 5) is 14.0. The van der Waals surface area contributed by atoms with Crippen LogP contribution in [0, 0.1) is 6.92 Å². The summed E-state index contributed by atoms with van der Waals surface area (Å²) in [6, 6.07) is 1.46. The average molecular weight is 268 g/mol. The SMILES string of the molecule is Cc1cc(NC(=O)NC(C)CN2CCOCC2)no1.